The minimum absolute atomic E-state index is 0.0967. The van der Waals surface area contributed by atoms with Gasteiger partial charge in [-0.1, -0.05) is 24.0 Å². The van der Waals surface area contributed by atoms with Gasteiger partial charge >= 0.3 is 12.2 Å². The van der Waals surface area contributed by atoms with Crippen LogP contribution in [0, 0.1) is 23.5 Å². The van der Waals surface area contributed by atoms with E-state index in [0.717, 1.165) is 11.0 Å². The highest BCUT2D eigenvalue weighted by molar-refractivity contribution is 5.97. The number of nitrogens with one attached hydrogen (secondary N) is 1. The Hall–Kier alpha value is -4.13. The highest BCUT2D eigenvalue weighted by Crippen LogP contribution is 2.47. The van der Waals surface area contributed by atoms with E-state index in [9.17, 15) is 22.4 Å². The Bertz CT molecular complexity index is 1280. The number of benzene rings is 2. The van der Waals surface area contributed by atoms with Crippen molar-refractivity contribution in [3.05, 3.63) is 89.2 Å². The Balaban J connectivity index is 1.89. The number of pyridine rings is 1. The third kappa shape index (κ3) is 4.01. The van der Waals surface area contributed by atoms with Crippen molar-refractivity contribution < 1.29 is 31.5 Å². The van der Waals surface area contributed by atoms with Crippen molar-refractivity contribution in [1.29, 1.82) is 0 Å². The van der Waals surface area contributed by atoms with Crippen LogP contribution in [-0.2, 0) is 12.1 Å². The molecule has 1 aromatic heterocycles. The molecule has 2 aromatic carbocycles. The van der Waals surface area contributed by atoms with Crippen LogP contribution in [0.1, 0.15) is 16.7 Å². The molecule has 1 aliphatic rings. The number of hydrogen-bond donors (Lipinski definition) is 1. The van der Waals surface area contributed by atoms with Crippen LogP contribution in [0.25, 0.3) is 0 Å². The van der Waals surface area contributed by atoms with Gasteiger partial charge in [0.1, 0.15) is 5.75 Å². The topological polar surface area (TPSA) is 54.5 Å². The maximum absolute atomic E-state index is 15.0. The number of rotatable bonds is 3. The summed E-state index contributed by atoms with van der Waals surface area (Å²) in [6.45, 7) is -0.210. The monoisotopic (exact) mass is 473 g/mol. The number of nitrogens with zero attached hydrogens (tertiary/aromatic N) is 2. The lowest BCUT2D eigenvalue weighted by Crippen LogP contribution is -2.62. The predicted octanol–water partition coefficient (Wildman–Crippen LogP) is 4.91. The molecule has 0 fully saturated rings. The standard InChI is InChI=1S/C24H16F5N3O2/c1-34-17-6-4-16(5-7-17)14-32-19-9-8-18(25)21(26)20(19)23(24(27,28)29,31-22(32)33)11-10-15-3-2-12-30-13-15/h2-9,12-13H,14H2,1H3,(H,31,33). The highest BCUT2D eigenvalue weighted by atomic mass is 19.4. The average molecular weight is 473 g/mol. The molecular weight excluding hydrogens is 457 g/mol. The fourth-order valence-electron chi connectivity index (χ4n) is 3.57. The number of alkyl halides is 3. The molecule has 0 saturated carbocycles. The Kier molecular flexibility index (Phi) is 5.87. The number of carbonyl (C=O) groups is 1. The molecule has 2 heterocycles. The number of ether oxygens (including phenoxy) is 1. The zero-order valence-electron chi connectivity index (χ0n) is 17.6. The SMILES string of the molecule is COc1ccc(CN2C(=O)NC(C#Cc3cccnc3)(C(F)(F)F)c3c2ccc(F)c3F)cc1. The van der Waals surface area contributed by atoms with E-state index < -0.39 is 40.6 Å². The third-order valence-corrected chi connectivity index (χ3v) is 5.26. The first-order valence-corrected chi connectivity index (χ1v) is 9.87. The molecule has 3 aromatic rings. The number of amides is 2. The molecule has 0 bridgehead atoms. The van der Waals surface area contributed by atoms with Gasteiger partial charge in [-0.2, -0.15) is 13.2 Å². The molecule has 1 aliphatic heterocycles. The second kappa shape index (κ2) is 8.67. The molecule has 2 amide bonds. The van der Waals surface area contributed by atoms with Crippen molar-refractivity contribution in [3.8, 4) is 17.6 Å². The Morgan fingerprint density at radius 3 is 2.47 bits per heavy atom. The minimum Gasteiger partial charge on any atom is -0.497 e. The van der Waals surface area contributed by atoms with Crippen molar-refractivity contribution in [1.82, 2.24) is 10.3 Å². The summed E-state index contributed by atoms with van der Waals surface area (Å²) in [5.41, 5.74) is -4.44. The third-order valence-electron chi connectivity index (χ3n) is 5.26. The summed E-state index contributed by atoms with van der Waals surface area (Å²) in [5, 5.41) is 1.79. The summed E-state index contributed by atoms with van der Waals surface area (Å²) in [6.07, 6.45) is -2.68. The Morgan fingerprint density at radius 1 is 1.12 bits per heavy atom. The van der Waals surface area contributed by atoms with Crippen molar-refractivity contribution in [2.45, 2.75) is 18.3 Å². The maximum Gasteiger partial charge on any atom is 0.427 e. The largest absolute Gasteiger partial charge is 0.497 e. The van der Waals surface area contributed by atoms with Crippen molar-refractivity contribution in [2.24, 2.45) is 0 Å². The van der Waals surface area contributed by atoms with E-state index in [2.05, 4.69) is 10.9 Å². The predicted molar refractivity (Wildman–Crippen MR) is 113 cm³/mol. The zero-order valence-corrected chi connectivity index (χ0v) is 17.6. The maximum atomic E-state index is 15.0. The number of halogens is 5. The van der Waals surface area contributed by atoms with E-state index in [0.29, 0.717) is 17.4 Å². The molecule has 0 spiro atoms. The lowest BCUT2D eigenvalue weighted by Gasteiger charge is -2.41. The lowest BCUT2D eigenvalue weighted by atomic mass is 9.85. The summed E-state index contributed by atoms with van der Waals surface area (Å²) in [4.78, 5) is 17.6. The van der Waals surface area contributed by atoms with Gasteiger partial charge in [-0.15, -0.1) is 0 Å². The average Bonchev–Trinajstić information content (AvgIpc) is 2.82. The van der Waals surface area contributed by atoms with Crippen LogP contribution in [-0.4, -0.2) is 24.3 Å². The van der Waals surface area contributed by atoms with Crippen LogP contribution >= 0.6 is 0 Å². The fourth-order valence-corrected chi connectivity index (χ4v) is 3.57. The van der Waals surface area contributed by atoms with Crippen LogP contribution in [0.5, 0.6) is 5.75 Å². The van der Waals surface area contributed by atoms with E-state index in [4.69, 9.17) is 4.74 Å². The molecule has 1 N–H and O–H groups in total. The minimum atomic E-state index is -5.28. The number of hydrogen-bond acceptors (Lipinski definition) is 3. The van der Waals surface area contributed by atoms with Gasteiger partial charge in [0, 0.05) is 18.0 Å². The van der Waals surface area contributed by atoms with Gasteiger partial charge in [0.05, 0.1) is 24.9 Å². The van der Waals surface area contributed by atoms with Crippen molar-refractivity contribution in [3.63, 3.8) is 0 Å². The van der Waals surface area contributed by atoms with Crippen LogP contribution in [0.3, 0.4) is 0 Å². The second-order valence-corrected chi connectivity index (χ2v) is 7.36. The highest BCUT2D eigenvalue weighted by Gasteiger charge is 2.62. The molecule has 1 atom stereocenters. The first-order chi connectivity index (χ1) is 16.2. The van der Waals surface area contributed by atoms with Gasteiger partial charge < -0.3 is 10.1 Å². The van der Waals surface area contributed by atoms with E-state index in [-0.39, 0.29) is 12.1 Å². The van der Waals surface area contributed by atoms with Gasteiger partial charge in [-0.25, -0.2) is 13.6 Å². The molecule has 5 nitrogen and oxygen atoms in total. The van der Waals surface area contributed by atoms with Crippen molar-refractivity contribution in [2.75, 3.05) is 12.0 Å². The summed E-state index contributed by atoms with van der Waals surface area (Å²) in [5.74, 6) is 1.50. The first-order valence-electron chi connectivity index (χ1n) is 9.87. The molecule has 0 radical (unpaired) electrons. The van der Waals surface area contributed by atoms with Gasteiger partial charge in [0.25, 0.3) is 0 Å². The molecule has 10 heteroatoms. The smallest absolute Gasteiger partial charge is 0.427 e. The summed E-state index contributed by atoms with van der Waals surface area (Å²) in [6, 6.07) is 9.67. The Morgan fingerprint density at radius 2 is 1.85 bits per heavy atom. The van der Waals surface area contributed by atoms with Crippen molar-refractivity contribution >= 4 is 11.7 Å². The quantitative estimate of drug-likeness (QED) is 0.435. The summed E-state index contributed by atoms with van der Waals surface area (Å²) < 4.78 is 77.6. The van der Waals surface area contributed by atoms with E-state index in [1.54, 1.807) is 29.6 Å². The summed E-state index contributed by atoms with van der Waals surface area (Å²) >= 11 is 0. The Labute approximate surface area is 191 Å². The first kappa shape index (κ1) is 23.0. The van der Waals surface area contributed by atoms with Gasteiger partial charge in [0.15, 0.2) is 11.6 Å². The van der Waals surface area contributed by atoms with Gasteiger partial charge in [0.2, 0.25) is 5.54 Å². The van der Waals surface area contributed by atoms with Gasteiger partial charge in [-0.05, 0) is 42.0 Å². The number of urea groups is 1. The molecule has 1 unspecified atom stereocenters. The van der Waals surface area contributed by atoms with E-state index >= 15 is 4.39 Å². The van der Waals surface area contributed by atoms with Crippen LogP contribution < -0.4 is 15.0 Å². The van der Waals surface area contributed by atoms with Crippen LogP contribution in [0.4, 0.5) is 32.4 Å². The molecule has 0 aliphatic carbocycles. The second-order valence-electron chi connectivity index (χ2n) is 7.36. The summed E-state index contributed by atoms with van der Waals surface area (Å²) in [7, 11) is 1.46. The molecular formula is C24H16F5N3O2. The van der Waals surface area contributed by atoms with E-state index in [1.807, 2.05) is 5.92 Å². The fraction of sp³-hybridized carbons (Fsp3) is 0.167. The van der Waals surface area contributed by atoms with E-state index in [1.165, 1.54) is 31.6 Å². The number of methoxy groups -OCH3 is 1. The lowest BCUT2D eigenvalue weighted by molar-refractivity contribution is -0.179. The normalized spacial score (nSPS) is 17.4. The molecule has 174 valence electrons. The van der Waals surface area contributed by atoms with Crippen LogP contribution in [0.15, 0.2) is 60.9 Å². The number of fused-ring (bicyclic) bond motifs is 1. The number of anilines is 1. The molecule has 0 saturated heterocycles. The number of carbonyl (C=O) groups excluding carboxylic acids is 1. The molecule has 4 rings (SSSR count). The number of aromatic nitrogens is 1. The van der Waals surface area contributed by atoms with Gasteiger partial charge in [-0.3, -0.25) is 9.88 Å². The van der Waals surface area contributed by atoms with Crippen LogP contribution in [0.2, 0.25) is 0 Å². The molecule has 34 heavy (non-hydrogen) atoms. The zero-order chi connectivity index (χ0) is 24.5.